The Balaban J connectivity index is 2.84. The van der Waals surface area contributed by atoms with E-state index in [-0.39, 0.29) is 11.4 Å². The van der Waals surface area contributed by atoms with E-state index in [9.17, 15) is 8.42 Å². The van der Waals surface area contributed by atoms with Gasteiger partial charge in [0.1, 0.15) is 0 Å². The molecule has 0 bridgehead atoms. The van der Waals surface area contributed by atoms with Gasteiger partial charge in [-0.1, -0.05) is 31.5 Å². The van der Waals surface area contributed by atoms with Gasteiger partial charge in [-0.05, 0) is 31.0 Å². The SMILES string of the molecule is CCC(N)(CC)CNS(=O)(=O)c1cccc(Cl)c1. The fourth-order valence-electron chi connectivity index (χ4n) is 1.46. The van der Waals surface area contributed by atoms with E-state index >= 15 is 0 Å². The van der Waals surface area contributed by atoms with Crippen molar-refractivity contribution in [1.29, 1.82) is 0 Å². The van der Waals surface area contributed by atoms with Crippen LogP contribution in [0.3, 0.4) is 0 Å². The van der Waals surface area contributed by atoms with Crippen molar-refractivity contribution < 1.29 is 8.42 Å². The summed E-state index contributed by atoms with van der Waals surface area (Å²) in [5, 5.41) is 0.392. The van der Waals surface area contributed by atoms with E-state index < -0.39 is 15.6 Å². The Bertz CT molecular complexity index is 499. The van der Waals surface area contributed by atoms with Crippen LogP contribution in [0.2, 0.25) is 5.02 Å². The van der Waals surface area contributed by atoms with Gasteiger partial charge in [-0.25, -0.2) is 13.1 Å². The molecule has 0 spiro atoms. The second-order valence-electron chi connectivity index (χ2n) is 4.35. The number of rotatable bonds is 6. The van der Waals surface area contributed by atoms with Crippen molar-refractivity contribution in [3.05, 3.63) is 29.3 Å². The average Bonchev–Trinajstić information content (AvgIpc) is 2.36. The summed E-state index contributed by atoms with van der Waals surface area (Å²) >= 11 is 5.78. The fourth-order valence-corrected chi connectivity index (χ4v) is 2.90. The van der Waals surface area contributed by atoms with Crippen LogP contribution in [0.4, 0.5) is 0 Å². The molecule has 0 aromatic heterocycles. The van der Waals surface area contributed by atoms with Crippen molar-refractivity contribution in [3.8, 4) is 0 Å². The molecule has 1 rings (SSSR count). The number of halogens is 1. The predicted molar refractivity (Wildman–Crippen MR) is 74.1 cm³/mol. The molecule has 0 saturated heterocycles. The van der Waals surface area contributed by atoms with Crippen LogP contribution in [0.5, 0.6) is 0 Å². The second kappa shape index (κ2) is 6.02. The van der Waals surface area contributed by atoms with Gasteiger partial charge in [0.25, 0.3) is 0 Å². The van der Waals surface area contributed by atoms with Gasteiger partial charge in [-0.2, -0.15) is 0 Å². The third kappa shape index (κ3) is 3.95. The zero-order valence-corrected chi connectivity index (χ0v) is 12.2. The molecule has 0 unspecified atom stereocenters. The molecular formula is C12H19ClN2O2S. The number of nitrogens with two attached hydrogens (primary N) is 1. The first kappa shape index (κ1) is 15.4. The minimum Gasteiger partial charge on any atom is -0.324 e. The lowest BCUT2D eigenvalue weighted by atomic mass is 9.95. The molecule has 0 saturated carbocycles. The quantitative estimate of drug-likeness (QED) is 0.843. The smallest absolute Gasteiger partial charge is 0.240 e. The largest absolute Gasteiger partial charge is 0.324 e. The molecule has 0 heterocycles. The Morgan fingerprint density at radius 1 is 1.33 bits per heavy atom. The summed E-state index contributed by atoms with van der Waals surface area (Å²) in [6.45, 7) is 4.10. The average molecular weight is 291 g/mol. The summed E-state index contributed by atoms with van der Waals surface area (Å²) in [7, 11) is -3.55. The third-order valence-electron chi connectivity index (χ3n) is 3.13. The van der Waals surface area contributed by atoms with Crippen LogP contribution in [0.1, 0.15) is 26.7 Å². The van der Waals surface area contributed by atoms with Gasteiger partial charge in [-0.3, -0.25) is 0 Å². The molecule has 1 aromatic carbocycles. The monoisotopic (exact) mass is 290 g/mol. The summed E-state index contributed by atoms with van der Waals surface area (Å²) in [6, 6.07) is 6.16. The van der Waals surface area contributed by atoms with Crippen molar-refractivity contribution in [1.82, 2.24) is 4.72 Å². The van der Waals surface area contributed by atoms with E-state index in [4.69, 9.17) is 17.3 Å². The maximum Gasteiger partial charge on any atom is 0.240 e. The molecule has 102 valence electrons. The van der Waals surface area contributed by atoms with Gasteiger partial charge in [-0.15, -0.1) is 0 Å². The van der Waals surface area contributed by atoms with Gasteiger partial charge in [0.15, 0.2) is 0 Å². The number of hydrogen-bond donors (Lipinski definition) is 2. The first-order valence-electron chi connectivity index (χ1n) is 5.87. The Kier molecular flexibility index (Phi) is 5.16. The van der Waals surface area contributed by atoms with Gasteiger partial charge in [0, 0.05) is 17.1 Å². The maximum absolute atomic E-state index is 12.0. The molecule has 0 aliphatic carbocycles. The van der Waals surface area contributed by atoms with Crippen LogP contribution in [0.25, 0.3) is 0 Å². The number of benzene rings is 1. The molecule has 6 heteroatoms. The first-order chi connectivity index (χ1) is 8.33. The van der Waals surface area contributed by atoms with Gasteiger partial charge >= 0.3 is 0 Å². The molecule has 0 amide bonds. The molecule has 0 fully saturated rings. The summed E-state index contributed by atoms with van der Waals surface area (Å²) in [6.07, 6.45) is 1.42. The summed E-state index contributed by atoms with van der Waals surface area (Å²) in [5.74, 6) is 0. The topological polar surface area (TPSA) is 72.2 Å². The molecule has 18 heavy (non-hydrogen) atoms. The van der Waals surface area contributed by atoms with Crippen LogP contribution >= 0.6 is 11.6 Å². The van der Waals surface area contributed by atoms with Gasteiger partial charge < -0.3 is 5.73 Å². The number of hydrogen-bond acceptors (Lipinski definition) is 3. The van der Waals surface area contributed by atoms with Gasteiger partial charge in [0.05, 0.1) is 4.90 Å². The van der Waals surface area contributed by atoms with E-state index in [1.54, 1.807) is 12.1 Å². The highest BCUT2D eigenvalue weighted by Crippen LogP contribution is 2.16. The zero-order valence-electron chi connectivity index (χ0n) is 10.6. The molecule has 0 radical (unpaired) electrons. The Labute approximate surface area is 114 Å². The summed E-state index contributed by atoms with van der Waals surface area (Å²) in [5.41, 5.74) is 5.55. The first-order valence-corrected chi connectivity index (χ1v) is 7.73. The number of nitrogens with one attached hydrogen (secondary N) is 1. The number of sulfonamides is 1. The minimum atomic E-state index is -3.55. The highest BCUT2D eigenvalue weighted by atomic mass is 35.5. The molecule has 4 nitrogen and oxygen atoms in total. The second-order valence-corrected chi connectivity index (χ2v) is 6.55. The van der Waals surface area contributed by atoms with Crippen LogP contribution in [-0.4, -0.2) is 20.5 Å². The van der Waals surface area contributed by atoms with E-state index in [0.29, 0.717) is 17.9 Å². The molecule has 0 aliphatic heterocycles. The lowest BCUT2D eigenvalue weighted by molar-refractivity contribution is 0.392. The van der Waals surface area contributed by atoms with Crippen LogP contribution in [0.15, 0.2) is 29.2 Å². The van der Waals surface area contributed by atoms with Gasteiger partial charge in [0.2, 0.25) is 10.0 Å². The third-order valence-corrected chi connectivity index (χ3v) is 4.76. The molecule has 1 aromatic rings. The van der Waals surface area contributed by atoms with Crippen LogP contribution in [-0.2, 0) is 10.0 Å². The maximum atomic E-state index is 12.0. The molecule has 0 atom stereocenters. The van der Waals surface area contributed by atoms with Crippen LogP contribution in [0, 0.1) is 0 Å². The van der Waals surface area contributed by atoms with E-state index in [0.717, 1.165) is 0 Å². The highest BCUT2D eigenvalue weighted by molar-refractivity contribution is 7.89. The van der Waals surface area contributed by atoms with Crippen molar-refractivity contribution in [2.24, 2.45) is 5.73 Å². The van der Waals surface area contributed by atoms with E-state index in [1.165, 1.54) is 12.1 Å². The van der Waals surface area contributed by atoms with E-state index in [2.05, 4.69) is 4.72 Å². The molecule has 0 aliphatic rings. The van der Waals surface area contributed by atoms with Crippen molar-refractivity contribution in [2.75, 3.05) is 6.54 Å². The van der Waals surface area contributed by atoms with E-state index in [1.807, 2.05) is 13.8 Å². The zero-order chi connectivity index (χ0) is 13.8. The normalized spacial score (nSPS) is 12.7. The van der Waals surface area contributed by atoms with Crippen LogP contribution < -0.4 is 10.5 Å². The Morgan fingerprint density at radius 3 is 2.44 bits per heavy atom. The Hall–Kier alpha value is -0.620. The van der Waals surface area contributed by atoms with Crippen molar-refractivity contribution in [3.63, 3.8) is 0 Å². The Morgan fingerprint density at radius 2 is 1.94 bits per heavy atom. The van der Waals surface area contributed by atoms with Crippen molar-refractivity contribution >= 4 is 21.6 Å². The predicted octanol–water partition coefficient (Wildman–Crippen LogP) is 2.14. The summed E-state index contributed by atoms with van der Waals surface area (Å²) < 4.78 is 26.6. The highest BCUT2D eigenvalue weighted by Gasteiger charge is 2.24. The summed E-state index contributed by atoms with van der Waals surface area (Å²) in [4.78, 5) is 0.157. The van der Waals surface area contributed by atoms with Crippen molar-refractivity contribution in [2.45, 2.75) is 37.1 Å². The minimum absolute atomic E-state index is 0.157. The fraction of sp³-hybridized carbons (Fsp3) is 0.500. The standard InChI is InChI=1S/C12H19ClN2O2S/c1-3-12(14,4-2)9-15-18(16,17)11-7-5-6-10(13)8-11/h5-8,15H,3-4,9,14H2,1-2H3. The molecule has 3 N–H and O–H groups in total. The lowest BCUT2D eigenvalue weighted by Crippen LogP contribution is -2.49. The molecular weight excluding hydrogens is 272 g/mol. The lowest BCUT2D eigenvalue weighted by Gasteiger charge is -2.26.